The summed E-state index contributed by atoms with van der Waals surface area (Å²) in [5, 5.41) is 14.3. The van der Waals surface area contributed by atoms with E-state index in [2.05, 4.69) is 10.6 Å². The van der Waals surface area contributed by atoms with E-state index in [-0.39, 0.29) is 17.3 Å². The molecule has 21 heavy (non-hydrogen) atoms. The first-order valence-corrected chi connectivity index (χ1v) is 6.42. The number of rotatable bonds is 4. The highest BCUT2D eigenvalue weighted by Crippen LogP contribution is 2.24. The van der Waals surface area contributed by atoms with Gasteiger partial charge in [0.25, 0.3) is 0 Å². The van der Waals surface area contributed by atoms with E-state index in [4.69, 9.17) is 10.8 Å². The second-order valence-corrected chi connectivity index (χ2v) is 5.83. The van der Waals surface area contributed by atoms with Crippen molar-refractivity contribution in [1.82, 2.24) is 5.32 Å². The highest BCUT2D eigenvalue weighted by molar-refractivity contribution is 5.91. The van der Waals surface area contributed by atoms with E-state index in [0.717, 1.165) is 12.1 Å². The first kappa shape index (κ1) is 16.7. The number of hydrogen-bond acceptors (Lipinski definition) is 4. The quantitative estimate of drug-likeness (QED) is 0.635. The topological polar surface area (TPSA) is 104 Å². The van der Waals surface area contributed by atoms with Crippen molar-refractivity contribution in [2.45, 2.75) is 39.3 Å². The molecule has 0 heterocycles. The van der Waals surface area contributed by atoms with Crippen molar-refractivity contribution in [3.8, 4) is 0 Å². The molecular formula is C14H20FN3O3. The summed E-state index contributed by atoms with van der Waals surface area (Å²) < 4.78 is 13.6. The molecule has 0 aliphatic rings. The van der Waals surface area contributed by atoms with Crippen LogP contribution in [0.4, 0.5) is 15.8 Å². The highest BCUT2D eigenvalue weighted by atomic mass is 19.1. The Bertz CT molecular complexity index is 567. The first-order valence-electron chi connectivity index (χ1n) is 6.42. The van der Waals surface area contributed by atoms with Crippen molar-refractivity contribution in [2.24, 2.45) is 0 Å². The van der Waals surface area contributed by atoms with Crippen LogP contribution in [0.2, 0.25) is 0 Å². The number of carboxylic acids is 1. The predicted molar refractivity (Wildman–Crippen MR) is 78.8 cm³/mol. The number of nitrogens with two attached hydrogens (primary N) is 1. The van der Waals surface area contributed by atoms with Gasteiger partial charge in [0.2, 0.25) is 5.91 Å². The molecular weight excluding hydrogens is 277 g/mol. The standard InChI is InChI=1S/C14H20FN3O3/c1-7(12(19)18-14(2,3)4)17-11-6-9(15)8(13(20)21)5-10(11)16/h5-7,17H,16H2,1-4H3,(H,18,19)(H,20,21). The fourth-order valence-electron chi connectivity index (χ4n) is 1.66. The second kappa shape index (κ2) is 5.99. The number of halogens is 1. The number of anilines is 2. The molecule has 0 fully saturated rings. The van der Waals surface area contributed by atoms with Gasteiger partial charge in [-0.05, 0) is 39.8 Å². The molecule has 7 heteroatoms. The zero-order valence-electron chi connectivity index (χ0n) is 12.5. The lowest BCUT2D eigenvalue weighted by Gasteiger charge is -2.24. The number of aromatic carboxylic acids is 1. The van der Waals surface area contributed by atoms with Crippen LogP contribution in [0.25, 0.3) is 0 Å². The van der Waals surface area contributed by atoms with Crippen LogP contribution >= 0.6 is 0 Å². The summed E-state index contributed by atoms with van der Waals surface area (Å²) in [5.41, 5.74) is 5.01. The van der Waals surface area contributed by atoms with Crippen molar-refractivity contribution in [1.29, 1.82) is 0 Å². The summed E-state index contributed by atoms with van der Waals surface area (Å²) in [6, 6.07) is 1.34. The van der Waals surface area contributed by atoms with Gasteiger partial charge in [-0.25, -0.2) is 9.18 Å². The molecule has 0 saturated carbocycles. The molecule has 116 valence electrons. The smallest absolute Gasteiger partial charge is 0.338 e. The number of carboxylic acid groups (broad SMARTS) is 1. The van der Waals surface area contributed by atoms with Crippen LogP contribution in [-0.4, -0.2) is 28.6 Å². The third kappa shape index (κ3) is 4.62. The Hall–Kier alpha value is -2.31. The van der Waals surface area contributed by atoms with Crippen LogP contribution in [-0.2, 0) is 4.79 Å². The van der Waals surface area contributed by atoms with Crippen LogP contribution in [0.3, 0.4) is 0 Å². The van der Waals surface area contributed by atoms with Gasteiger partial charge >= 0.3 is 5.97 Å². The Balaban J connectivity index is 2.91. The number of amides is 1. The first-order chi connectivity index (χ1) is 9.51. The van der Waals surface area contributed by atoms with E-state index in [1.807, 2.05) is 20.8 Å². The Morgan fingerprint density at radius 1 is 1.33 bits per heavy atom. The lowest BCUT2D eigenvalue weighted by molar-refractivity contribution is -0.122. The van der Waals surface area contributed by atoms with Gasteiger partial charge in [-0.15, -0.1) is 0 Å². The van der Waals surface area contributed by atoms with Gasteiger partial charge in [0, 0.05) is 5.54 Å². The molecule has 5 N–H and O–H groups in total. The molecule has 0 aromatic heterocycles. The molecule has 0 spiro atoms. The van der Waals surface area contributed by atoms with Gasteiger partial charge in [-0.2, -0.15) is 0 Å². The summed E-state index contributed by atoms with van der Waals surface area (Å²) in [6.45, 7) is 7.12. The summed E-state index contributed by atoms with van der Waals surface area (Å²) >= 11 is 0. The van der Waals surface area contributed by atoms with E-state index >= 15 is 0 Å². The molecule has 1 aromatic rings. The molecule has 1 unspecified atom stereocenters. The summed E-state index contributed by atoms with van der Waals surface area (Å²) in [6.07, 6.45) is 0. The highest BCUT2D eigenvalue weighted by Gasteiger charge is 2.21. The summed E-state index contributed by atoms with van der Waals surface area (Å²) in [4.78, 5) is 22.7. The molecule has 0 saturated heterocycles. The molecule has 1 rings (SSSR count). The minimum atomic E-state index is -1.40. The van der Waals surface area contributed by atoms with Crippen molar-refractivity contribution in [2.75, 3.05) is 11.1 Å². The Morgan fingerprint density at radius 3 is 2.38 bits per heavy atom. The average Bonchev–Trinajstić information content (AvgIpc) is 2.30. The zero-order chi connectivity index (χ0) is 16.4. The molecule has 1 aromatic carbocycles. The normalized spacial score (nSPS) is 12.6. The number of hydrogen-bond donors (Lipinski definition) is 4. The van der Waals surface area contributed by atoms with Crippen molar-refractivity contribution in [3.05, 3.63) is 23.5 Å². The zero-order valence-corrected chi connectivity index (χ0v) is 12.5. The maximum atomic E-state index is 13.6. The van der Waals surface area contributed by atoms with Crippen LogP contribution in [0, 0.1) is 5.82 Å². The van der Waals surface area contributed by atoms with Crippen LogP contribution in [0.5, 0.6) is 0 Å². The number of benzene rings is 1. The van der Waals surface area contributed by atoms with Gasteiger partial charge in [0.05, 0.1) is 16.9 Å². The van der Waals surface area contributed by atoms with E-state index < -0.39 is 28.9 Å². The van der Waals surface area contributed by atoms with Crippen LogP contribution in [0.15, 0.2) is 12.1 Å². The van der Waals surface area contributed by atoms with Crippen molar-refractivity contribution >= 4 is 23.3 Å². The van der Waals surface area contributed by atoms with E-state index in [9.17, 15) is 14.0 Å². The molecule has 0 bridgehead atoms. The van der Waals surface area contributed by atoms with E-state index in [0.29, 0.717) is 0 Å². The summed E-state index contributed by atoms with van der Waals surface area (Å²) in [7, 11) is 0. The minimum absolute atomic E-state index is 0.0595. The van der Waals surface area contributed by atoms with Gasteiger partial charge in [0.15, 0.2) is 0 Å². The van der Waals surface area contributed by atoms with Gasteiger partial charge in [-0.1, -0.05) is 0 Å². The Labute approximate surface area is 122 Å². The molecule has 0 aliphatic heterocycles. The monoisotopic (exact) mass is 297 g/mol. The van der Waals surface area contributed by atoms with Gasteiger partial charge in [0.1, 0.15) is 11.9 Å². The molecule has 6 nitrogen and oxygen atoms in total. The largest absolute Gasteiger partial charge is 0.478 e. The number of nitrogen functional groups attached to an aromatic ring is 1. The average molecular weight is 297 g/mol. The van der Waals surface area contributed by atoms with E-state index in [1.54, 1.807) is 6.92 Å². The lowest BCUT2D eigenvalue weighted by atomic mass is 10.1. The minimum Gasteiger partial charge on any atom is -0.478 e. The third-order valence-electron chi connectivity index (χ3n) is 2.63. The van der Waals surface area contributed by atoms with Gasteiger partial charge in [-0.3, -0.25) is 4.79 Å². The summed E-state index contributed by atoms with van der Waals surface area (Å²) in [5.74, 6) is -2.59. The second-order valence-electron chi connectivity index (χ2n) is 5.83. The molecule has 0 aliphatic carbocycles. The molecule has 1 amide bonds. The van der Waals surface area contributed by atoms with Crippen molar-refractivity contribution in [3.63, 3.8) is 0 Å². The number of carbonyl (C=O) groups excluding carboxylic acids is 1. The SMILES string of the molecule is CC(Nc1cc(F)c(C(=O)O)cc1N)C(=O)NC(C)(C)C. The maximum Gasteiger partial charge on any atom is 0.338 e. The maximum absolute atomic E-state index is 13.6. The van der Waals surface area contributed by atoms with Crippen LogP contribution in [0.1, 0.15) is 38.1 Å². The fraction of sp³-hybridized carbons (Fsp3) is 0.429. The fourth-order valence-corrected chi connectivity index (χ4v) is 1.66. The van der Waals surface area contributed by atoms with Crippen LogP contribution < -0.4 is 16.4 Å². The predicted octanol–water partition coefficient (Wildman–Crippen LogP) is 1.82. The van der Waals surface area contributed by atoms with E-state index in [1.165, 1.54) is 0 Å². The van der Waals surface area contributed by atoms with Gasteiger partial charge < -0.3 is 21.5 Å². The molecule has 0 radical (unpaired) electrons. The van der Waals surface area contributed by atoms with Crippen molar-refractivity contribution < 1.29 is 19.1 Å². The number of nitrogens with one attached hydrogen (secondary N) is 2. The lowest BCUT2D eigenvalue weighted by Crippen LogP contribution is -2.47. The Morgan fingerprint density at radius 2 is 1.90 bits per heavy atom. The Kier molecular flexibility index (Phi) is 4.77. The number of carbonyl (C=O) groups is 2. The molecule has 1 atom stereocenters. The third-order valence-corrected chi connectivity index (χ3v) is 2.63.